The third-order valence-electron chi connectivity index (χ3n) is 2.71. The summed E-state index contributed by atoms with van der Waals surface area (Å²) >= 11 is 3.31. The van der Waals surface area contributed by atoms with Crippen LogP contribution in [0.15, 0.2) is 22.7 Å². The number of carbonyl (C=O) groups excluding carboxylic acids is 1. The SMILES string of the molecule is COCCN(C)CCNC(=O)c1ccc(Br)cc1N.Cl.Cl. The van der Waals surface area contributed by atoms with Crippen LogP contribution in [0, 0.1) is 0 Å². The molecule has 1 aromatic carbocycles. The van der Waals surface area contributed by atoms with Gasteiger partial charge in [0.1, 0.15) is 0 Å². The number of rotatable bonds is 7. The Labute approximate surface area is 146 Å². The van der Waals surface area contributed by atoms with Crippen molar-refractivity contribution in [3.63, 3.8) is 0 Å². The minimum absolute atomic E-state index is 0. The highest BCUT2D eigenvalue weighted by Crippen LogP contribution is 2.18. The molecule has 3 N–H and O–H groups in total. The molecule has 122 valence electrons. The van der Waals surface area contributed by atoms with Gasteiger partial charge in [0.05, 0.1) is 12.2 Å². The van der Waals surface area contributed by atoms with E-state index in [1.165, 1.54) is 0 Å². The molecule has 1 rings (SSSR count). The van der Waals surface area contributed by atoms with Gasteiger partial charge in [-0.2, -0.15) is 0 Å². The van der Waals surface area contributed by atoms with Gasteiger partial charge >= 0.3 is 0 Å². The van der Waals surface area contributed by atoms with Crippen molar-refractivity contribution in [2.24, 2.45) is 0 Å². The van der Waals surface area contributed by atoms with Gasteiger partial charge in [-0.25, -0.2) is 0 Å². The molecular weight excluding hydrogens is 381 g/mol. The molecule has 0 fully saturated rings. The second kappa shape index (κ2) is 12.1. The van der Waals surface area contributed by atoms with E-state index in [0.717, 1.165) is 17.6 Å². The summed E-state index contributed by atoms with van der Waals surface area (Å²) in [5.41, 5.74) is 6.78. The summed E-state index contributed by atoms with van der Waals surface area (Å²) in [7, 11) is 3.66. The highest BCUT2D eigenvalue weighted by Gasteiger charge is 2.09. The third-order valence-corrected chi connectivity index (χ3v) is 3.21. The quantitative estimate of drug-likeness (QED) is 0.686. The van der Waals surface area contributed by atoms with Crippen molar-refractivity contribution in [1.82, 2.24) is 10.2 Å². The molecule has 0 saturated carbocycles. The number of hydrogen-bond donors (Lipinski definition) is 2. The molecule has 0 aliphatic carbocycles. The first-order chi connectivity index (χ1) is 9.04. The molecule has 1 aromatic rings. The largest absolute Gasteiger partial charge is 0.398 e. The maximum Gasteiger partial charge on any atom is 0.253 e. The standard InChI is InChI=1S/C13H20BrN3O2.2ClH/c1-17(7-8-19-2)6-5-16-13(18)11-4-3-10(14)9-12(11)15;;/h3-4,9H,5-8,15H2,1-2H3,(H,16,18);2*1H. The van der Waals surface area contributed by atoms with E-state index in [9.17, 15) is 4.79 Å². The zero-order valence-corrected chi connectivity index (χ0v) is 15.3. The van der Waals surface area contributed by atoms with Crippen molar-refractivity contribution in [1.29, 1.82) is 0 Å². The third kappa shape index (κ3) is 8.48. The van der Waals surface area contributed by atoms with Gasteiger partial charge in [0.2, 0.25) is 0 Å². The van der Waals surface area contributed by atoms with Crippen LogP contribution in [0.5, 0.6) is 0 Å². The second-order valence-electron chi connectivity index (χ2n) is 4.28. The first kappa shape index (κ1) is 22.7. The van der Waals surface area contributed by atoms with Crippen molar-refractivity contribution in [2.75, 3.05) is 46.1 Å². The normalized spacial score (nSPS) is 9.71. The molecule has 21 heavy (non-hydrogen) atoms. The lowest BCUT2D eigenvalue weighted by atomic mass is 10.1. The van der Waals surface area contributed by atoms with Gasteiger partial charge in [0.25, 0.3) is 5.91 Å². The highest BCUT2D eigenvalue weighted by atomic mass is 79.9. The lowest BCUT2D eigenvalue weighted by Crippen LogP contribution is -2.34. The number of anilines is 1. The Morgan fingerprint density at radius 1 is 1.38 bits per heavy atom. The minimum atomic E-state index is -0.148. The Balaban J connectivity index is 0. The second-order valence-corrected chi connectivity index (χ2v) is 5.20. The fourth-order valence-electron chi connectivity index (χ4n) is 1.55. The highest BCUT2D eigenvalue weighted by molar-refractivity contribution is 9.10. The lowest BCUT2D eigenvalue weighted by Gasteiger charge is -2.16. The zero-order chi connectivity index (χ0) is 14.3. The van der Waals surface area contributed by atoms with Gasteiger partial charge in [0.15, 0.2) is 0 Å². The molecule has 8 heteroatoms. The fraction of sp³-hybridized carbons (Fsp3) is 0.462. The summed E-state index contributed by atoms with van der Waals surface area (Å²) in [6, 6.07) is 5.24. The number of methoxy groups -OCH3 is 1. The fourth-order valence-corrected chi connectivity index (χ4v) is 1.93. The average Bonchev–Trinajstić information content (AvgIpc) is 2.36. The summed E-state index contributed by atoms with van der Waals surface area (Å²) in [4.78, 5) is 14.0. The maximum atomic E-state index is 11.9. The van der Waals surface area contributed by atoms with E-state index < -0.39 is 0 Å². The van der Waals surface area contributed by atoms with Crippen LogP contribution in [0.3, 0.4) is 0 Å². The van der Waals surface area contributed by atoms with Crippen LogP contribution in [0.4, 0.5) is 5.69 Å². The smallest absolute Gasteiger partial charge is 0.253 e. The van der Waals surface area contributed by atoms with Crippen LogP contribution in [0.25, 0.3) is 0 Å². The van der Waals surface area contributed by atoms with Crippen LogP contribution in [-0.2, 0) is 4.74 Å². The number of amides is 1. The summed E-state index contributed by atoms with van der Waals surface area (Å²) < 4.78 is 5.85. The first-order valence-electron chi connectivity index (χ1n) is 6.05. The van der Waals surface area contributed by atoms with E-state index in [-0.39, 0.29) is 30.7 Å². The lowest BCUT2D eigenvalue weighted by molar-refractivity contribution is 0.0948. The summed E-state index contributed by atoms with van der Waals surface area (Å²) in [5, 5.41) is 2.85. The van der Waals surface area contributed by atoms with E-state index >= 15 is 0 Å². The van der Waals surface area contributed by atoms with Crippen LogP contribution < -0.4 is 11.1 Å². The molecule has 0 aliphatic rings. The number of nitrogen functional groups attached to an aromatic ring is 1. The summed E-state index contributed by atoms with van der Waals surface area (Å²) in [6.07, 6.45) is 0. The van der Waals surface area contributed by atoms with Gasteiger partial charge in [-0.15, -0.1) is 24.8 Å². The number of halogens is 3. The minimum Gasteiger partial charge on any atom is -0.398 e. The van der Waals surface area contributed by atoms with Crippen molar-refractivity contribution < 1.29 is 9.53 Å². The van der Waals surface area contributed by atoms with Crippen molar-refractivity contribution in [3.8, 4) is 0 Å². The predicted octanol–water partition coefficient (Wildman–Crippen LogP) is 2.18. The van der Waals surface area contributed by atoms with E-state index in [1.807, 2.05) is 7.05 Å². The van der Waals surface area contributed by atoms with E-state index in [4.69, 9.17) is 10.5 Å². The van der Waals surface area contributed by atoms with Gasteiger partial charge in [-0.1, -0.05) is 15.9 Å². The number of nitrogens with one attached hydrogen (secondary N) is 1. The Morgan fingerprint density at radius 2 is 2.05 bits per heavy atom. The number of hydrogen-bond acceptors (Lipinski definition) is 4. The van der Waals surface area contributed by atoms with E-state index in [1.54, 1.807) is 25.3 Å². The van der Waals surface area contributed by atoms with Gasteiger partial charge in [-0.3, -0.25) is 4.79 Å². The molecule has 0 atom stereocenters. The number of ether oxygens (including phenoxy) is 1. The number of nitrogens with two attached hydrogens (primary N) is 1. The van der Waals surface area contributed by atoms with Crippen molar-refractivity contribution >= 4 is 52.3 Å². The molecule has 0 spiro atoms. The van der Waals surface area contributed by atoms with Crippen molar-refractivity contribution in [3.05, 3.63) is 28.2 Å². The number of nitrogens with zero attached hydrogens (tertiary/aromatic N) is 1. The molecule has 0 aromatic heterocycles. The molecule has 1 amide bonds. The maximum absolute atomic E-state index is 11.9. The molecule has 0 saturated heterocycles. The first-order valence-corrected chi connectivity index (χ1v) is 6.84. The summed E-state index contributed by atoms with van der Waals surface area (Å²) in [5.74, 6) is -0.148. The average molecular weight is 403 g/mol. The molecule has 0 bridgehead atoms. The van der Waals surface area contributed by atoms with Crippen LogP contribution >= 0.6 is 40.7 Å². The van der Waals surface area contributed by atoms with Crippen LogP contribution in [-0.4, -0.2) is 51.2 Å². The van der Waals surface area contributed by atoms with Crippen LogP contribution in [0.1, 0.15) is 10.4 Å². The summed E-state index contributed by atoms with van der Waals surface area (Å²) in [6.45, 7) is 2.87. The Morgan fingerprint density at radius 3 is 2.62 bits per heavy atom. The van der Waals surface area contributed by atoms with E-state index in [2.05, 4.69) is 26.1 Å². The molecule has 5 nitrogen and oxygen atoms in total. The van der Waals surface area contributed by atoms with Crippen LogP contribution in [0.2, 0.25) is 0 Å². The Bertz CT molecular complexity index is 436. The van der Waals surface area contributed by atoms with Gasteiger partial charge in [-0.05, 0) is 25.2 Å². The van der Waals surface area contributed by atoms with E-state index in [0.29, 0.717) is 24.4 Å². The molecule has 0 heterocycles. The number of likely N-dealkylation sites (N-methyl/N-ethyl adjacent to an activating group) is 1. The van der Waals surface area contributed by atoms with Crippen molar-refractivity contribution in [2.45, 2.75) is 0 Å². The molecular formula is C13H22BrCl2N3O2. The Hall–Kier alpha value is -0.530. The Kier molecular flexibility index (Phi) is 13.1. The zero-order valence-electron chi connectivity index (χ0n) is 12.1. The monoisotopic (exact) mass is 401 g/mol. The number of benzene rings is 1. The molecule has 0 radical (unpaired) electrons. The topological polar surface area (TPSA) is 67.6 Å². The molecule has 0 aliphatic heterocycles. The van der Waals surface area contributed by atoms with Gasteiger partial charge in [0, 0.05) is 36.9 Å². The van der Waals surface area contributed by atoms with Gasteiger partial charge < -0.3 is 20.7 Å². The molecule has 0 unspecified atom stereocenters. The predicted molar refractivity (Wildman–Crippen MR) is 94.8 cm³/mol. The number of carbonyl (C=O) groups is 1.